The van der Waals surface area contributed by atoms with E-state index in [1.807, 2.05) is 60.1 Å². The van der Waals surface area contributed by atoms with Gasteiger partial charge in [0.25, 0.3) is 0 Å². The van der Waals surface area contributed by atoms with Crippen molar-refractivity contribution in [2.75, 3.05) is 5.32 Å². The van der Waals surface area contributed by atoms with Gasteiger partial charge in [-0.05, 0) is 49.1 Å². The number of benzene rings is 2. The molecule has 160 valence electrons. The Morgan fingerprint density at radius 1 is 1.10 bits per heavy atom. The number of aromatic nitrogens is 2. The molecule has 0 spiro atoms. The zero-order chi connectivity index (χ0) is 21.6. The van der Waals surface area contributed by atoms with Crippen LogP contribution in [0, 0.1) is 6.92 Å². The minimum Gasteiger partial charge on any atom is -0.310 e. The molecule has 31 heavy (non-hydrogen) atoms. The third kappa shape index (κ3) is 3.52. The largest absolute Gasteiger partial charge is 0.310 e. The first-order chi connectivity index (χ1) is 15.0. The molecule has 2 aromatic carbocycles. The number of nitrogens with zero attached hydrogens (tertiary/aromatic N) is 2. The van der Waals surface area contributed by atoms with Crippen molar-refractivity contribution in [3.8, 4) is 5.69 Å². The lowest BCUT2D eigenvalue weighted by atomic mass is 9.78. The number of anilines is 1. The molecule has 1 fully saturated rings. The van der Waals surface area contributed by atoms with Crippen molar-refractivity contribution in [1.82, 2.24) is 9.78 Å². The summed E-state index contributed by atoms with van der Waals surface area (Å²) in [5.41, 5.74) is 4.09. The summed E-state index contributed by atoms with van der Waals surface area (Å²) in [4.78, 5) is 13.8. The Morgan fingerprint density at radius 3 is 2.52 bits per heavy atom. The molecule has 3 aromatic rings. The van der Waals surface area contributed by atoms with Crippen LogP contribution < -0.4 is 5.32 Å². The standard InChI is InChI=1S/C24H24ClN3O2S/c1-16-6-2-3-7-21(16)28-22(19-14-31(30)15-20(19)27-28)26-23(29)24(12-4-5-13-24)17-8-10-18(25)11-9-17/h2-3,6-11H,4-5,12-15H2,1H3,(H,26,29)/t31-/m0/s1. The van der Waals surface area contributed by atoms with E-state index in [0.717, 1.165) is 53.8 Å². The van der Waals surface area contributed by atoms with Crippen LogP contribution in [0.3, 0.4) is 0 Å². The molecule has 1 atom stereocenters. The van der Waals surface area contributed by atoms with Crippen LogP contribution in [-0.4, -0.2) is 19.9 Å². The van der Waals surface area contributed by atoms with Crippen LogP contribution in [0.4, 0.5) is 5.82 Å². The highest BCUT2D eigenvalue weighted by Crippen LogP contribution is 2.43. The molecule has 2 heterocycles. The van der Waals surface area contributed by atoms with Crippen molar-refractivity contribution in [3.05, 3.63) is 75.9 Å². The van der Waals surface area contributed by atoms with Crippen molar-refractivity contribution in [1.29, 1.82) is 0 Å². The van der Waals surface area contributed by atoms with E-state index in [4.69, 9.17) is 16.7 Å². The van der Waals surface area contributed by atoms with E-state index in [1.165, 1.54) is 0 Å². The number of hydrogen-bond donors (Lipinski definition) is 1. The number of carbonyl (C=O) groups excluding carboxylic acids is 1. The van der Waals surface area contributed by atoms with Gasteiger partial charge in [0.15, 0.2) is 0 Å². The van der Waals surface area contributed by atoms with Crippen LogP contribution in [-0.2, 0) is 32.5 Å². The summed E-state index contributed by atoms with van der Waals surface area (Å²) < 4.78 is 14.0. The number of nitrogens with one attached hydrogen (secondary N) is 1. The molecule has 1 aliphatic carbocycles. The van der Waals surface area contributed by atoms with Gasteiger partial charge in [0, 0.05) is 21.4 Å². The molecule has 1 N–H and O–H groups in total. The van der Waals surface area contributed by atoms with Crippen molar-refractivity contribution in [2.24, 2.45) is 0 Å². The average Bonchev–Trinajstić information content (AvgIpc) is 3.45. The van der Waals surface area contributed by atoms with Crippen LogP contribution in [0.15, 0.2) is 48.5 Å². The molecule has 1 aromatic heterocycles. The van der Waals surface area contributed by atoms with Crippen LogP contribution in [0.1, 0.15) is 48.1 Å². The summed E-state index contributed by atoms with van der Waals surface area (Å²) >= 11 is 6.10. The van der Waals surface area contributed by atoms with Crippen molar-refractivity contribution in [2.45, 2.75) is 49.5 Å². The van der Waals surface area contributed by atoms with Crippen LogP contribution in [0.5, 0.6) is 0 Å². The maximum Gasteiger partial charge on any atom is 0.236 e. The number of halogens is 1. The van der Waals surface area contributed by atoms with Gasteiger partial charge in [0.05, 0.1) is 28.3 Å². The van der Waals surface area contributed by atoms with E-state index in [-0.39, 0.29) is 5.91 Å². The molecule has 0 saturated heterocycles. The third-order valence-electron chi connectivity index (χ3n) is 6.53. The first-order valence-corrected chi connectivity index (χ1v) is 12.4. The molecule has 1 saturated carbocycles. The highest BCUT2D eigenvalue weighted by molar-refractivity contribution is 7.83. The maximum absolute atomic E-state index is 13.8. The highest BCUT2D eigenvalue weighted by Gasteiger charge is 2.43. The molecule has 5 rings (SSSR count). The topological polar surface area (TPSA) is 64.0 Å². The molecule has 5 nitrogen and oxygen atoms in total. The fourth-order valence-corrected chi connectivity index (χ4v) is 6.24. The predicted octanol–water partition coefficient (Wildman–Crippen LogP) is 5.05. The first kappa shape index (κ1) is 20.5. The lowest BCUT2D eigenvalue weighted by molar-refractivity contribution is -0.121. The van der Waals surface area contributed by atoms with E-state index in [9.17, 15) is 9.00 Å². The van der Waals surface area contributed by atoms with Gasteiger partial charge in [-0.3, -0.25) is 9.00 Å². The Morgan fingerprint density at radius 2 is 1.81 bits per heavy atom. The number of aryl methyl sites for hydroxylation is 1. The molecule has 0 bridgehead atoms. The zero-order valence-corrected chi connectivity index (χ0v) is 18.9. The summed E-state index contributed by atoms with van der Waals surface area (Å²) in [7, 11) is -0.976. The lowest BCUT2D eigenvalue weighted by Crippen LogP contribution is -2.38. The number of carbonyl (C=O) groups is 1. The zero-order valence-electron chi connectivity index (χ0n) is 17.4. The Bertz CT molecular complexity index is 1180. The van der Waals surface area contributed by atoms with Gasteiger partial charge in [-0.15, -0.1) is 0 Å². The normalized spacial score (nSPS) is 19.4. The fraction of sp³-hybridized carbons (Fsp3) is 0.333. The summed E-state index contributed by atoms with van der Waals surface area (Å²) in [6, 6.07) is 15.6. The van der Waals surface area contributed by atoms with Gasteiger partial charge in [-0.25, -0.2) is 4.68 Å². The van der Waals surface area contributed by atoms with Gasteiger partial charge in [-0.2, -0.15) is 5.10 Å². The van der Waals surface area contributed by atoms with Crippen LogP contribution >= 0.6 is 11.6 Å². The maximum atomic E-state index is 13.8. The van der Waals surface area contributed by atoms with E-state index in [2.05, 4.69) is 5.32 Å². The van der Waals surface area contributed by atoms with Crippen LogP contribution in [0.2, 0.25) is 5.02 Å². The third-order valence-corrected chi connectivity index (χ3v) is 7.99. The Hall–Kier alpha value is -2.44. The predicted molar refractivity (Wildman–Crippen MR) is 124 cm³/mol. The molecular formula is C24H24ClN3O2S. The molecule has 1 amide bonds. The van der Waals surface area contributed by atoms with Gasteiger partial charge in [-0.1, -0.05) is 54.8 Å². The highest BCUT2D eigenvalue weighted by atomic mass is 35.5. The number of amides is 1. The second kappa shape index (κ2) is 7.92. The number of fused-ring (bicyclic) bond motifs is 1. The Kier molecular flexibility index (Phi) is 5.22. The Balaban J connectivity index is 1.58. The summed E-state index contributed by atoms with van der Waals surface area (Å²) in [5.74, 6) is 1.48. The smallest absolute Gasteiger partial charge is 0.236 e. The Labute approximate surface area is 189 Å². The second-order valence-electron chi connectivity index (χ2n) is 8.45. The molecule has 1 aliphatic heterocycles. The monoisotopic (exact) mass is 453 g/mol. The number of para-hydroxylation sites is 1. The summed E-state index contributed by atoms with van der Waals surface area (Å²) in [6.45, 7) is 2.03. The minimum absolute atomic E-state index is 0.0254. The molecule has 7 heteroatoms. The SMILES string of the molecule is Cc1ccccc1-n1nc2c(c1NC(=O)C1(c3ccc(Cl)cc3)CCCC1)C[S@](=O)C2. The van der Waals surface area contributed by atoms with Crippen molar-refractivity contribution >= 4 is 34.1 Å². The molecule has 0 radical (unpaired) electrons. The van der Waals surface area contributed by atoms with Crippen molar-refractivity contribution < 1.29 is 9.00 Å². The van der Waals surface area contributed by atoms with E-state index in [0.29, 0.717) is 22.3 Å². The average molecular weight is 454 g/mol. The van der Waals surface area contributed by atoms with E-state index >= 15 is 0 Å². The quantitative estimate of drug-likeness (QED) is 0.601. The summed E-state index contributed by atoms with van der Waals surface area (Å²) in [6.07, 6.45) is 3.62. The van der Waals surface area contributed by atoms with Gasteiger partial charge >= 0.3 is 0 Å². The van der Waals surface area contributed by atoms with Gasteiger partial charge in [0.2, 0.25) is 5.91 Å². The number of hydrogen-bond acceptors (Lipinski definition) is 3. The first-order valence-electron chi connectivity index (χ1n) is 10.6. The molecule has 0 unspecified atom stereocenters. The number of rotatable bonds is 4. The lowest BCUT2D eigenvalue weighted by Gasteiger charge is -2.29. The molecule has 2 aliphatic rings. The van der Waals surface area contributed by atoms with E-state index < -0.39 is 16.2 Å². The second-order valence-corrected chi connectivity index (χ2v) is 10.3. The molecular weight excluding hydrogens is 430 g/mol. The summed E-state index contributed by atoms with van der Waals surface area (Å²) in [5, 5.41) is 8.64. The van der Waals surface area contributed by atoms with E-state index in [1.54, 1.807) is 0 Å². The fourth-order valence-electron chi connectivity index (χ4n) is 4.85. The van der Waals surface area contributed by atoms with Crippen LogP contribution in [0.25, 0.3) is 5.69 Å². The van der Waals surface area contributed by atoms with Gasteiger partial charge in [0.1, 0.15) is 5.82 Å². The van der Waals surface area contributed by atoms with Gasteiger partial charge < -0.3 is 5.32 Å². The van der Waals surface area contributed by atoms with Crippen molar-refractivity contribution in [3.63, 3.8) is 0 Å². The minimum atomic E-state index is -0.976.